The van der Waals surface area contributed by atoms with Crippen LogP contribution in [0, 0.1) is 0 Å². The van der Waals surface area contributed by atoms with Gasteiger partial charge in [-0.2, -0.15) is 0 Å². The fraction of sp³-hybridized carbons (Fsp3) is 0.0256. The summed E-state index contributed by atoms with van der Waals surface area (Å²) in [5, 5.41) is 2.53. The topological polar surface area (TPSA) is 3.24 Å². The summed E-state index contributed by atoms with van der Waals surface area (Å²) >= 11 is 0. The lowest BCUT2D eigenvalue weighted by atomic mass is 9.67. The number of nitrogens with zero attached hydrogens (tertiary/aromatic N) is 1. The highest BCUT2D eigenvalue weighted by molar-refractivity contribution is 6.03. The molecule has 0 fully saturated rings. The van der Waals surface area contributed by atoms with Gasteiger partial charge in [-0.05, 0) is 171 Å². The maximum Gasteiger partial charge on any atom is 0.0725 e. The van der Waals surface area contributed by atoms with Crippen LogP contribution in [0.15, 0.2) is 309 Å². The van der Waals surface area contributed by atoms with E-state index < -0.39 is 10.8 Å². The van der Waals surface area contributed by atoms with E-state index in [1.807, 2.05) is 0 Å². The molecule has 3 aliphatic carbocycles. The molecule has 368 valence electrons. The fourth-order valence-electron chi connectivity index (χ4n) is 14.2. The van der Waals surface area contributed by atoms with E-state index in [-0.39, 0.29) is 0 Å². The Balaban J connectivity index is 0.869. The molecule has 1 spiro atoms. The molecule has 2 unspecified atom stereocenters. The Morgan fingerprint density at radius 3 is 1.24 bits per heavy atom. The van der Waals surface area contributed by atoms with E-state index >= 15 is 0 Å². The first kappa shape index (κ1) is 45.1. The number of anilines is 3. The standard InChI is InChI=1S/C78H51N/c1-4-19-52(20-5-1)54-35-41-60(42-36-54)77(59-25-8-3-9-26-59)70-31-15-12-27-65(70)67-48-47-63(51-75(67)77)79(61-43-37-55(38-44-61)53-21-6-2-7-22-53)62-45-39-56(40-46-62)64-30-18-34-73-76(64)68-29-14-17-33-72(68)78(73)71-32-16-13-28-66(71)69-49-57-23-10-11-24-58(57)50-74(69)78/h1-51H. The third-order valence-electron chi connectivity index (χ3n) is 17.6. The molecule has 1 nitrogen and oxygen atoms in total. The lowest BCUT2D eigenvalue weighted by molar-refractivity contribution is 0.768. The maximum absolute atomic E-state index is 2.48. The minimum absolute atomic E-state index is 0.452. The Bertz CT molecular complexity index is 4500. The summed E-state index contributed by atoms with van der Waals surface area (Å²) < 4.78 is 0. The van der Waals surface area contributed by atoms with Crippen LogP contribution in [-0.4, -0.2) is 0 Å². The molecule has 1 heteroatoms. The summed E-state index contributed by atoms with van der Waals surface area (Å²) in [7, 11) is 0. The highest BCUT2D eigenvalue weighted by atomic mass is 15.1. The predicted molar refractivity (Wildman–Crippen MR) is 329 cm³/mol. The van der Waals surface area contributed by atoms with Crippen LogP contribution in [0.3, 0.4) is 0 Å². The van der Waals surface area contributed by atoms with Gasteiger partial charge in [0.25, 0.3) is 0 Å². The molecule has 0 aliphatic heterocycles. The normalized spacial score (nSPS) is 15.9. The van der Waals surface area contributed by atoms with Crippen molar-refractivity contribution < 1.29 is 0 Å². The molecule has 0 N–H and O–H groups in total. The third-order valence-corrected chi connectivity index (χ3v) is 17.6. The van der Waals surface area contributed by atoms with Crippen molar-refractivity contribution in [1.29, 1.82) is 0 Å². The van der Waals surface area contributed by atoms with Gasteiger partial charge in [0.1, 0.15) is 0 Å². The van der Waals surface area contributed by atoms with Crippen LogP contribution in [0.4, 0.5) is 17.1 Å². The molecular weight excluding hydrogens is 951 g/mol. The molecule has 16 rings (SSSR count). The van der Waals surface area contributed by atoms with Gasteiger partial charge in [-0.15, -0.1) is 0 Å². The average Bonchev–Trinajstić information content (AvgIpc) is 2.51. The molecule has 13 aromatic carbocycles. The molecule has 13 aromatic rings. The molecule has 0 amide bonds. The first-order valence-corrected chi connectivity index (χ1v) is 27.6. The molecule has 0 heterocycles. The first-order chi connectivity index (χ1) is 39.2. The molecule has 2 atom stereocenters. The van der Waals surface area contributed by atoms with Gasteiger partial charge in [0.05, 0.1) is 10.8 Å². The van der Waals surface area contributed by atoms with Crippen LogP contribution in [0.25, 0.3) is 77.5 Å². The summed E-state index contributed by atoms with van der Waals surface area (Å²) in [5.74, 6) is 0. The van der Waals surface area contributed by atoms with Crippen molar-refractivity contribution in [3.05, 3.63) is 354 Å². The number of hydrogen-bond acceptors (Lipinski definition) is 1. The summed E-state index contributed by atoms with van der Waals surface area (Å²) in [4.78, 5) is 2.45. The van der Waals surface area contributed by atoms with E-state index in [0.717, 1.165) is 17.1 Å². The van der Waals surface area contributed by atoms with Gasteiger partial charge in [0.15, 0.2) is 0 Å². The van der Waals surface area contributed by atoms with Crippen molar-refractivity contribution >= 4 is 27.8 Å². The van der Waals surface area contributed by atoms with Crippen LogP contribution in [-0.2, 0) is 10.8 Å². The largest absolute Gasteiger partial charge is 0.310 e. The predicted octanol–water partition coefficient (Wildman–Crippen LogP) is 20.0. The van der Waals surface area contributed by atoms with Crippen molar-refractivity contribution in [2.75, 3.05) is 4.90 Å². The zero-order chi connectivity index (χ0) is 52.1. The van der Waals surface area contributed by atoms with Gasteiger partial charge >= 0.3 is 0 Å². The zero-order valence-corrected chi connectivity index (χ0v) is 43.4. The molecule has 79 heavy (non-hydrogen) atoms. The minimum atomic E-state index is -0.583. The van der Waals surface area contributed by atoms with Crippen LogP contribution < -0.4 is 4.90 Å². The second-order valence-corrected chi connectivity index (χ2v) is 21.4. The summed E-state index contributed by atoms with van der Waals surface area (Å²) in [6.45, 7) is 0. The summed E-state index contributed by atoms with van der Waals surface area (Å²) in [6.07, 6.45) is 0. The van der Waals surface area contributed by atoms with Gasteiger partial charge in [-0.3, -0.25) is 0 Å². The van der Waals surface area contributed by atoms with Crippen LogP contribution >= 0.6 is 0 Å². The quantitative estimate of drug-likeness (QED) is 0.147. The van der Waals surface area contributed by atoms with E-state index in [2.05, 4.69) is 314 Å². The fourth-order valence-corrected chi connectivity index (χ4v) is 14.2. The number of benzene rings is 13. The summed E-state index contributed by atoms with van der Waals surface area (Å²) in [5.41, 5.74) is 27.6. The minimum Gasteiger partial charge on any atom is -0.310 e. The molecular formula is C78H51N. The Labute approximate surface area is 461 Å². The monoisotopic (exact) mass is 1000 g/mol. The van der Waals surface area contributed by atoms with Crippen molar-refractivity contribution in [1.82, 2.24) is 0 Å². The van der Waals surface area contributed by atoms with E-state index in [0.29, 0.717) is 0 Å². The molecule has 0 saturated heterocycles. The van der Waals surface area contributed by atoms with E-state index in [1.165, 1.54) is 122 Å². The van der Waals surface area contributed by atoms with Crippen molar-refractivity contribution in [2.45, 2.75) is 10.8 Å². The third kappa shape index (κ3) is 6.63. The lowest BCUT2D eigenvalue weighted by Gasteiger charge is -2.35. The van der Waals surface area contributed by atoms with Gasteiger partial charge < -0.3 is 4.90 Å². The Kier molecular flexibility index (Phi) is 10.1. The average molecular weight is 1000 g/mol. The smallest absolute Gasteiger partial charge is 0.0725 e. The number of fused-ring (bicyclic) bond motifs is 14. The van der Waals surface area contributed by atoms with Gasteiger partial charge in [0, 0.05) is 17.1 Å². The Morgan fingerprint density at radius 2 is 0.608 bits per heavy atom. The molecule has 0 aromatic heterocycles. The molecule has 0 radical (unpaired) electrons. The molecule has 0 bridgehead atoms. The van der Waals surface area contributed by atoms with E-state index in [9.17, 15) is 0 Å². The van der Waals surface area contributed by atoms with Crippen molar-refractivity contribution in [3.63, 3.8) is 0 Å². The highest BCUT2D eigenvalue weighted by Crippen LogP contribution is 2.65. The lowest BCUT2D eigenvalue weighted by Crippen LogP contribution is -2.28. The van der Waals surface area contributed by atoms with Gasteiger partial charge in [-0.1, -0.05) is 261 Å². The second-order valence-electron chi connectivity index (χ2n) is 21.4. The number of hydrogen-bond donors (Lipinski definition) is 0. The Morgan fingerprint density at radius 1 is 0.203 bits per heavy atom. The van der Waals surface area contributed by atoms with Crippen LogP contribution in [0.2, 0.25) is 0 Å². The highest BCUT2D eigenvalue weighted by Gasteiger charge is 2.52. The number of rotatable bonds is 8. The van der Waals surface area contributed by atoms with E-state index in [1.54, 1.807) is 0 Å². The van der Waals surface area contributed by atoms with Gasteiger partial charge in [-0.25, -0.2) is 0 Å². The van der Waals surface area contributed by atoms with E-state index in [4.69, 9.17) is 0 Å². The second kappa shape index (κ2) is 17.7. The van der Waals surface area contributed by atoms with Crippen LogP contribution in [0.1, 0.15) is 44.5 Å². The van der Waals surface area contributed by atoms with Crippen molar-refractivity contribution in [3.8, 4) is 66.8 Å². The van der Waals surface area contributed by atoms with Gasteiger partial charge in [0.2, 0.25) is 0 Å². The van der Waals surface area contributed by atoms with Crippen LogP contribution in [0.5, 0.6) is 0 Å². The SMILES string of the molecule is c1ccc(-c2ccc(N(c3ccc(-c4cccc5c4-c4ccccc4C54c5ccccc5-c5cc6ccccc6cc54)cc3)c3ccc4c(c3)C(c3ccccc3)(c3ccc(-c5ccccc5)cc3)c3ccccc3-4)cc2)cc1. The Hall–Kier alpha value is -10.1. The first-order valence-electron chi connectivity index (χ1n) is 27.6. The maximum atomic E-state index is 2.48. The van der Waals surface area contributed by atoms with Crippen molar-refractivity contribution in [2.24, 2.45) is 0 Å². The molecule has 3 aliphatic rings. The summed E-state index contributed by atoms with van der Waals surface area (Å²) in [6, 6.07) is 116. The molecule has 0 saturated carbocycles. The zero-order valence-electron chi connectivity index (χ0n) is 43.4.